The molecule has 0 N–H and O–H groups in total. The molecule has 6 nitrogen and oxygen atoms in total. The lowest BCUT2D eigenvalue weighted by Gasteiger charge is -2.29. The van der Waals surface area contributed by atoms with E-state index < -0.39 is 11.1 Å². The molecule has 9 heteroatoms. The van der Waals surface area contributed by atoms with Crippen LogP contribution >= 0.6 is 34.4 Å². The SMILES string of the molecule is O=C(CN1C(=O)S/C(=C\c2ccc(OCc3ccccc3F)c(I)c2)C1=O)N1CCc2ccccc2C1. The van der Waals surface area contributed by atoms with Crippen LogP contribution in [0.5, 0.6) is 5.75 Å². The normalized spacial score (nSPS) is 16.3. The molecule has 5 rings (SSSR count). The maximum Gasteiger partial charge on any atom is 0.294 e. The highest BCUT2D eigenvalue weighted by atomic mass is 127. The van der Waals surface area contributed by atoms with Crippen LogP contribution in [0.1, 0.15) is 22.3 Å². The van der Waals surface area contributed by atoms with Crippen molar-refractivity contribution >= 4 is 57.5 Å². The van der Waals surface area contributed by atoms with Crippen LogP contribution in [0.2, 0.25) is 0 Å². The molecule has 2 aliphatic rings. The molecule has 188 valence electrons. The van der Waals surface area contributed by atoms with E-state index in [0.717, 1.165) is 32.2 Å². The molecule has 2 aliphatic heterocycles. The Labute approximate surface area is 231 Å². The van der Waals surface area contributed by atoms with Crippen molar-refractivity contribution < 1.29 is 23.5 Å². The third-order valence-corrected chi connectivity index (χ3v) is 8.00. The first-order valence-corrected chi connectivity index (χ1v) is 13.5. The molecule has 0 aromatic heterocycles. The molecule has 0 unspecified atom stereocenters. The van der Waals surface area contributed by atoms with Gasteiger partial charge in [0.1, 0.15) is 24.7 Å². The minimum atomic E-state index is -0.476. The van der Waals surface area contributed by atoms with E-state index in [1.807, 2.05) is 24.3 Å². The number of thioether (sulfide) groups is 1. The zero-order valence-corrected chi connectivity index (χ0v) is 22.6. The number of carbonyl (C=O) groups is 3. The molecular weight excluding hydrogens is 606 g/mol. The van der Waals surface area contributed by atoms with E-state index in [2.05, 4.69) is 28.7 Å². The van der Waals surface area contributed by atoms with Gasteiger partial charge in [-0.25, -0.2) is 4.39 Å². The van der Waals surface area contributed by atoms with Crippen LogP contribution < -0.4 is 4.74 Å². The molecule has 0 spiro atoms. The van der Waals surface area contributed by atoms with E-state index in [1.165, 1.54) is 11.6 Å². The van der Waals surface area contributed by atoms with E-state index >= 15 is 0 Å². The first kappa shape index (κ1) is 25.5. The van der Waals surface area contributed by atoms with Gasteiger partial charge in [-0.3, -0.25) is 19.3 Å². The predicted molar refractivity (Wildman–Crippen MR) is 148 cm³/mol. The summed E-state index contributed by atoms with van der Waals surface area (Å²) in [6.45, 7) is 0.860. The number of nitrogens with zero attached hydrogens (tertiary/aromatic N) is 2. The molecule has 0 saturated carbocycles. The van der Waals surface area contributed by atoms with Crippen molar-refractivity contribution in [1.29, 1.82) is 0 Å². The summed E-state index contributed by atoms with van der Waals surface area (Å²) < 4.78 is 20.4. The molecule has 0 aliphatic carbocycles. The predicted octanol–water partition coefficient (Wildman–Crippen LogP) is 5.63. The van der Waals surface area contributed by atoms with Crippen molar-refractivity contribution in [3.63, 3.8) is 0 Å². The molecule has 3 aromatic carbocycles. The molecule has 37 heavy (non-hydrogen) atoms. The second kappa shape index (κ2) is 11.1. The number of ether oxygens (including phenoxy) is 1. The van der Waals surface area contributed by atoms with Gasteiger partial charge in [-0.15, -0.1) is 0 Å². The number of fused-ring (bicyclic) bond motifs is 1. The van der Waals surface area contributed by atoms with Gasteiger partial charge in [-0.05, 0) is 81.7 Å². The average molecular weight is 628 g/mol. The van der Waals surface area contributed by atoms with Gasteiger partial charge in [0.15, 0.2) is 0 Å². The third-order valence-electron chi connectivity index (χ3n) is 6.25. The minimum Gasteiger partial charge on any atom is -0.488 e. The van der Waals surface area contributed by atoms with Crippen LogP contribution in [0, 0.1) is 9.39 Å². The van der Waals surface area contributed by atoms with E-state index in [4.69, 9.17) is 4.74 Å². The Hall–Kier alpha value is -3.18. The van der Waals surface area contributed by atoms with E-state index in [1.54, 1.807) is 41.3 Å². The number of imide groups is 1. The highest BCUT2D eigenvalue weighted by Crippen LogP contribution is 2.33. The molecule has 0 bridgehead atoms. The van der Waals surface area contributed by atoms with Crippen molar-refractivity contribution in [1.82, 2.24) is 9.80 Å². The van der Waals surface area contributed by atoms with Gasteiger partial charge in [-0.2, -0.15) is 0 Å². The fourth-order valence-electron chi connectivity index (χ4n) is 4.23. The number of carbonyl (C=O) groups excluding carboxylic acids is 3. The first-order chi connectivity index (χ1) is 17.9. The molecule has 1 saturated heterocycles. The van der Waals surface area contributed by atoms with E-state index in [9.17, 15) is 18.8 Å². The van der Waals surface area contributed by atoms with Crippen molar-refractivity contribution in [3.8, 4) is 5.75 Å². The monoisotopic (exact) mass is 628 g/mol. The summed E-state index contributed by atoms with van der Waals surface area (Å²) in [6, 6.07) is 19.7. The fourth-order valence-corrected chi connectivity index (χ4v) is 5.76. The minimum absolute atomic E-state index is 0.0948. The molecule has 3 aromatic rings. The number of hydrogen-bond donors (Lipinski definition) is 0. The van der Waals surface area contributed by atoms with Crippen molar-refractivity contribution in [2.45, 2.75) is 19.6 Å². The van der Waals surface area contributed by atoms with Gasteiger partial charge < -0.3 is 9.64 Å². The lowest BCUT2D eigenvalue weighted by Crippen LogP contribution is -2.44. The Kier molecular flexibility index (Phi) is 7.61. The maximum atomic E-state index is 13.8. The summed E-state index contributed by atoms with van der Waals surface area (Å²) in [5.74, 6) is -0.462. The maximum absolute atomic E-state index is 13.8. The lowest BCUT2D eigenvalue weighted by molar-refractivity contribution is -0.136. The Bertz CT molecular complexity index is 1430. The van der Waals surface area contributed by atoms with E-state index in [-0.39, 0.29) is 29.8 Å². The lowest BCUT2D eigenvalue weighted by atomic mass is 10.00. The molecular formula is C28H22FIN2O4S. The fraction of sp³-hybridized carbons (Fsp3) is 0.179. The Morgan fingerprint density at radius 2 is 1.81 bits per heavy atom. The van der Waals surface area contributed by atoms with Crippen molar-refractivity contribution in [3.05, 3.63) is 103 Å². The van der Waals surface area contributed by atoms with E-state index in [0.29, 0.717) is 30.0 Å². The summed E-state index contributed by atoms with van der Waals surface area (Å²) >= 11 is 2.94. The van der Waals surface area contributed by atoms with Gasteiger partial charge in [0.25, 0.3) is 11.1 Å². The number of halogens is 2. The molecule has 0 atom stereocenters. The number of hydrogen-bond acceptors (Lipinski definition) is 5. The zero-order valence-electron chi connectivity index (χ0n) is 19.7. The smallest absolute Gasteiger partial charge is 0.294 e. The highest BCUT2D eigenvalue weighted by Gasteiger charge is 2.37. The Morgan fingerprint density at radius 3 is 2.59 bits per heavy atom. The molecule has 2 heterocycles. The molecule has 3 amide bonds. The second-order valence-corrected chi connectivity index (χ2v) is 10.8. The Morgan fingerprint density at radius 1 is 1.05 bits per heavy atom. The van der Waals surface area contributed by atoms with Gasteiger partial charge >= 0.3 is 0 Å². The number of amides is 3. The molecule has 1 fully saturated rings. The van der Waals surface area contributed by atoms with Gasteiger partial charge in [0.05, 0.1) is 8.48 Å². The van der Waals surface area contributed by atoms with Crippen molar-refractivity contribution in [2.24, 2.45) is 0 Å². The first-order valence-electron chi connectivity index (χ1n) is 11.6. The zero-order chi connectivity index (χ0) is 25.9. The quantitative estimate of drug-likeness (QED) is 0.262. The summed E-state index contributed by atoms with van der Waals surface area (Å²) in [5, 5.41) is -0.457. The van der Waals surface area contributed by atoms with Crippen LogP contribution in [-0.2, 0) is 29.2 Å². The van der Waals surface area contributed by atoms with Crippen molar-refractivity contribution in [2.75, 3.05) is 13.1 Å². The van der Waals surface area contributed by atoms with Crippen LogP contribution in [0.25, 0.3) is 6.08 Å². The number of benzene rings is 3. The van der Waals surface area contributed by atoms with Crippen LogP contribution in [0.15, 0.2) is 71.6 Å². The summed E-state index contributed by atoms with van der Waals surface area (Å²) in [6.07, 6.45) is 2.39. The van der Waals surface area contributed by atoms with Gasteiger partial charge in [0.2, 0.25) is 5.91 Å². The van der Waals surface area contributed by atoms with Gasteiger partial charge in [0, 0.05) is 18.7 Å². The third kappa shape index (κ3) is 5.72. The summed E-state index contributed by atoms with van der Waals surface area (Å²) in [7, 11) is 0. The molecule has 0 radical (unpaired) electrons. The Balaban J connectivity index is 1.23. The topological polar surface area (TPSA) is 66.9 Å². The standard InChI is InChI=1S/C28H22FIN2O4S/c29-22-8-4-3-7-21(22)17-36-24-10-9-18(13-23(24)30)14-25-27(34)32(28(35)37-25)16-26(33)31-12-11-19-5-1-2-6-20(19)15-31/h1-10,13-14H,11-12,15-17H2/b25-14-. The highest BCUT2D eigenvalue weighted by molar-refractivity contribution is 14.1. The average Bonchev–Trinajstić information content (AvgIpc) is 3.16. The van der Waals surface area contributed by atoms with Crippen LogP contribution in [-0.4, -0.2) is 39.9 Å². The summed E-state index contributed by atoms with van der Waals surface area (Å²) in [4.78, 5) is 41.4. The number of rotatable bonds is 6. The summed E-state index contributed by atoms with van der Waals surface area (Å²) in [5.41, 5.74) is 3.48. The van der Waals surface area contributed by atoms with Crippen LogP contribution in [0.3, 0.4) is 0 Å². The largest absolute Gasteiger partial charge is 0.488 e. The second-order valence-electron chi connectivity index (χ2n) is 8.67. The van der Waals surface area contributed by atoms with Crippen LogP contribution in [0.4, 0.5) is 9.18 Å². The van der Waals surface area contributed by atoms with Gasteiger partial charge in [-0.1, -0.05) is 48.5 Å².